The fraction of sp³-hybridized carbons (Fsp3) is 0.222. The van der Waals surface area contributed by atoms with Crippen molar-refractivity contribution in [3.63, 3.8) is 0 Å². The molecule has 3 aromatic carbocycles. The quantitative estimate of drug-likeness (QED) is 0.277. The highest BCUT2D eigenvalue weighted by molar-refractivity contribution is 6.31. The lowest BCUT2D eigenvalue weighted by Crippen LogP contribution is -2.13. The van der Waals surface area contributed by atoms with Crippen molar-refractivity contribution in [1.82, 2.24) is 0 Å². The molecular formula is C27H25ClO4. The normalized spacial score (nSPS) is 11.0. The van der Waals surface area contributed by atoms with Crippen LogP contribution in [0.5, 0.6) is 11.5 Å². The van der Waals surface area contributed by atoms with E-state index in [1.165, 1.54) is 5.56 Å². The lowest BCUT2D eigenvalue weighted by molar-refractivity contribution is 0.244. The summed E-state index contributed by atoms with van der Waals surface area (Å²) in [5.74, 6) is 1.43. The van der Waals surface area contributed by atoms with E-state index in [9.17, 15) is 4.79 Å². The molecule has 164 valence electrons. The molecule has 0 aliphatic rings. The Hall–Kier alpha value is -3.24. The van der Waals surface area contributed by atoms with Crippen molar-refractivity contribution < 1.29 is 13.9 Å². The lowest BCUT2D eigenvalue weighted by atomic mass is 10.1. The molecular weight excluding hydrogens is 424 g/mol. The molecule has 0 bridgehead atoms. The number of aryl methyl sites for hydroxylation is 2. The zero-order chi connectivity index (χ0) is 22.5. The predicted octanol–water partition coefficient (Wildman–Crippen LogP) is 6.83. The second kappa shape index (κ2) is 9.92. The summed E-state index contributed by atoms with van der Waals surface area (Å²) in [7, 11) is 0. The standard InChI is InChI=1S/C27H25ClO4/c1-3-19-7-12-22(13-8-19)30-15-4-16-31-27-25(29)23-17-21(28)11-14-24(23)32-26(27)20-9-5-18(2)6-10-20/h5-14,17H,3-4,15-16H2,1-2H3. The smallest absolute Gasteiger partial charge is 0.235 e. The minimum absolute atomic E-state index is 0.191. The minimum Gasteiger partial charge on any atom is -0.493 e. The third-order valence-electron chi connectivity index (χ3n) is 5.26. The molecule has 5 heteroatoms. The van der Waals surface area contributed by atoms with Crippen molar-refractivity contribution in [2.45, 2.75) is 26.7 Å². The third-order valence-corrected chi connectivity index (χ3v) is 5.49. The van der Waals surface area contributed by atoms with Crippen LogP contribution in [0.4, 0.5) is 0 Å². The van der Waals surface area contributed by atoms with Gasteiger partial charge in [0, 0.05) is 17.0 Å². The average Bonchev–Trinajstić information content (AvgIpc) is 2.81. The van der Waals surface area contributed by atoms with Crippen LogP contribution in [0.1, 0.15) is 24.5 Å². The fourth-order valence-electron chi connectivity index (χ4n) is 3.42. The summed E-state index contributed by atoms with van der Waals surface area (Å²) in [5.41, 5.74) is 3.41. The molecule has 0 aliphatic carbocycles. The van der Waals surface area contributed by atoms with Gasteiger partial charge in [-0.05, 0) is 49.2 Å². The van der Waals surface area contributed by atoms with E-state index in [-0.39, 0.29) is 11.2 Å². The number of halogens is 1. The number of fused-ring (bicyclic) bond motifs is 1. The molecule has 0 saturated heterocycles. The number of hydrogen-bond acceptors (Lipinski definition) is 4. The van der Waals surface area contributed by atoms with Crippen LogP contribution >= 0.6 is 11.6 Å². The van der Waals surface area contributed by atoms with Gasteiger partial charge in [0.05, 0.1) is 18.6 Å². The van der Waals surface area contributed by atoms with Gasteiger partial charge in [0.15, 0.2) is 5.76 Å². The molecule has 0 amide bonds. The summed E-state index contributed by atoms with van der Waals surface area (Å²) in [6.45, 7) is 4.93. The largest absolute Gasteiger partial charge is 0.493 e. The first-order valence-corrected chi connectivity index (χ1v) is 11.1. The van der Waals surface area contributed by atoms with Crippen LogP contribution in [-0.2, 0) is 6.42 Å². The van der Waals surface area contributed by atoms with Gasteiger partial charge >= 0.3 is 0 Å². The van der Waals surface area contributed by atoms with E-state index in [0.717, 1.165) is 23.3 Å². The Bertz CT molecular complexity index is 1260. The molecule has 0 N–H and O–H groups in total. The van der Waals surface area contributed by atoms with E-state index in [1.807, 2.05) is 43.3 Å². The SMILES string of the molecule is CCc1ccc(OCCCOc2c(-c3ccc(C)cc3)oc3ccc(Cl)cc3c2=O)cc1. The van der Waals surface area contributed by atoms with Crippen LogP contribution in [0, 0.1) is 6.92 Å². The number of ether oxygens (including phenoxy) is 2. The van der Waals surface area contributed by atoms with E-state index in [0.29, 0.717) is 41.4 Å². The highest BCUT2D eigenvalue weighted by Gasteiger charge is 2.18. The summed E-state index contributed by atoms with van der Waals surface area (Å²) in [6.07, 6.45) is 1.62. The summed E-state index contributed by atoms with van der Waals surface area (Å²) in [5, 5.41) is 0.872. The van der Waals surface area contributed by atoms with E-state index < -0.39 is 0 Å². The lowest BCUT2D eigenvalue weighted by Gasteiger charge is -2.12. The molecule has 0 saturated carbocycles. The number of hydrogen-bond donors (Lipinski definition) is 0. The van der Waals surface area contributed by atoms with E-state index in [2.05, 4.69) is 19.1 Å². The van der Waals surface area contributed by atoms with Crippen molar-refractivity contribution in [1.29, 1.82) is 0 Å². The van der Waals surface area contributed by atoms with Gasteiger partial charge in [-0.1, -0.05) is 60.5 Å². The first-order chi connectivity index (χ1) is 15.5. The second-order valence-corrected chi connectivity index (χ2v) is 8.08. The summed E-state index contributed by atoms with van der Waals surface area (Å²) in [6, 6.07) is 20.9. The highest BCUT2D eigenvalue weighted by Crippen LogP contribution is 2.32. The van der Waals surface area contributed by atoms with E-state index in [1.54, 1.807) is 18.2 Å². The molecule has 4 nitrogen and oxygen atoms in total. The van der Waals surface area contributed by atoms with Gasteiger partial charge in [-0.15, -0.1) is 0 Å². The molecule has 1 aromatic heterocycles. The second-order valence-electron chi connectivity index (χ2n) is 7.64. The molecule has 0 atom stereocenters. The van der Waals surface area contributed by atoms with Gasteiger partial charge in [-0.25, -0.2) is 0 Å². The Balaban J connectivity index is 1.53. The molecule has 0 fully saturated rings. The van der Waals surface area contributed by atoms with Crippen molar-refractivity contribution in [2.75, 3.05) is 13.2 Å². The zero-order valence-electron chi connectivity index (χ0n) is 18.2. The van der Waals surface area contributed by atoms with Crippen LogP contribution in [0.3, 0.4) is 0 Å². The van der Waals surface area contributed by atoms with E-state index >= 15 is 0 Å². The van der Waals surface area contributed by atoms with Gasteiger partial charge in [0.2, 0.25) is 11.2 Å². The van der Waals surface area contributed by atoms with Gasteiger partial charge in [0.1, 0.15) is 11.3 Å². The molecule has 32 heavy (non-hydrogen) atoms. The maximum atomic E-state index is 13.2. The number of benzene rings is 3. The first-order valence-electron chi connectivity index (χ1n) is 10.7. The molecule has 4 rings (SSSR count). The Morgan fingerprint density at radius 3 is 2.34 bits per heavy atom. The predicted molar refractivity (Wildman–Crippen MR) is 129 cm³/mol. The van der Waals surface area contributed by atoms with Crippen LogP contribution < -0.4 is 14.9 Å². The van der Waals surface area contributed by atoms with E-state index in [4.69, 9.17) is 25.5 Å². The topological polar surface area (TPSA) is 48.7 Å². The minimum atomic E-state index is -0.236. The van der Waals surface area contributed by atoms with Gasteiger partial charge < -0.3 is 13.9 Å². The maximum absolute atomic E-state index is 13.2. The molecule has 0 aliphatic heterocycles. The maximum Gasteiger partial charge on any atom is 0.235 e. The van der Waals surface area contributed by atoms with Crippen LogP contribution in [0.25, 0.3) is 22.3 Å². The highest BCUT2D eigenvalue weighted by atomic mass is 35.5. The summed E-state index contributed by atoms with van der Waals surface area (Å²) in [4.78, 5) is 13.2. The summed E-state index contributed by atoms with van der Waals surface area (Å²) < 4.78 is 17.8. The third kappa shape index (κ3) is 4.97. The Labute approximate surface area is 192 Å². The first kappa shape index (κ1) is 22.0. The molecule has 4 aromatic rings. The van der Waals surface area contributed by atoms with Crippen molar-refractivity contribution in [2.24, 2.45) is 0 Å². The monoisotopic (exact) mass is 448 g/mol. The molecule has 0 radical (unpaired) electrons. The molecule has 1 heterocycles. The Morgan fingerprint density at radius 2 is 1.62 bits per heavy atom. The van der Waals surface area contributed by atoms with Crippen molar-refractivity contribution in [3.05, 3.63) is 93.1 Å². The van der Waals surface area contributed by atoms with Gasteiger partial charge in [0.25, 0.3) is 0 Å². The zero-order valence-corrected chi connectivity index (χ0v) is 18.9. The Kier molecular flexibility index (Phi) is 6.81. The fourth-order valence-corrected chi connectivity index (χ4v) is 3.59. The van der Waals surface area contributed by atoms with Crippen LogP contribution in [-0.4, -0.2) is 13.2 Å². The van der Waals surface area contributed by atoms with Crippen LogP contribution in [0.15, 0.2) is 75.9 Å². The molecule has 0 spiro atoms. The molecule has 0 unspecified atom stereocenters. The van der Waals surface area contributed by atoms with Crippen LogP contribution in [0.2, 0.25) is 5.02 Å². The average molecular weight is 449 g/mol. The van der Waals surface area contributed by atoms with Gasteiger partial charge in [-0.3, -0.25) is 4.79 Å². The van der Waals surface area contributed by atoms with Gasteiger partial charge in [-0.2, -0.15) is 0 Å². The summed E-state index contributed by atoms with van der Waals surface area (Å²) >= 11 is 6.10. The van der Waals surface area contributed by atoms with Crippen molar-refractivity contribution in [3.8, 4) is 22.8 Å². The number of rotatable bonds is 8. The Morgan fingerprint density at radius 1 is 0.906 bits per heavy atom. The van der Waals surface area contributed by atoms with Crippen molar-refractivity contribution >= 4 is 22.6 Å².